The van der Waals surface area contributed by atoms with E-state index in [9.17, 15) is 0 Å². The SMILES string of the molecule is CC(=NOCc1ccccc1)c1ccncc1C#N. The number of benzene rings is 1. The maximum absolute atomic E-state index is 8.98. The Hall–Kier alpha value is -2.67. The highest BCUT2D eigenvalue weighted by atomic mass is 16.6. The molecule has 2 rings (SSSR count). The van der Waals surface area contributed by atoms with Gasteiger partial charge in [0.25, 0.3) is 0 Å². The van der Waals surface area contributed by atoms with Crippen LogP contribution in [0.1, 0.15) is 23.6 Å². The van der Waals surface area contributed by atoms with Gasteiger partial charge in [-0.15, -0.1) is 0 Å². The summed E-state index contributed by atoms with van der Waals surface area (Å²) in [6.45, 7) is 2.21. The zero-order valence-electron chi connectivity index (χ0n) is 10.6. The van der Waals surface area contributed by atoms with Crippen molar-refractivity contribution in [2.45, 2.75) is 13.5 Å². The summed E-state index contributed by atoms with van der Waals surface area (Å²) in [7, 11) is 0. The molecule has 0 aliphatic rings. The summed E-state index contributed by atoms with van der Waals surface area (Å²) in [4.78, 5) is 9.20. The molecule has 0 unspecified atom stereocenters. The third-order valence-corrected chi connectivity index (χ3v) is 2.61. The van der Waals surface area contributed by atoms with Gasteiger partial charge in [0, 0.05) is 18.0 Å². The molecule has 4 nitrogen and oxygen atoms in total. The largest absolute Gasteiger partial charge is 0.391 e. The molecule has 0 saturated carbocycles. The number of nitriles is 1. The first-order valence-corrected chi connectivity index (χ1v) is 5.86. The van der Waals surface area contributed by atoms with Crippen LogP contribution in [0.5, 0.6) is 0 Å². The quantitative estimate of drug-likeness (QED) is 0.620. The van der Waals surface area contributed by atoms with E-state index in [2.05, 4.69) is 16.2 Å². The molecule has 0 aliphatic heterocycles. The van der Waals surface area contributed by atoms with Gasteiger partial charge in [-0.3, -0.25) is 4.98 Å². The number of hydrogen-bond donors (Lipinski definition) is 0. The van der Waals surface area contributed by atoms with Crippen LogP contribution in [0.2, 0.25) is 0 Å². The molecule has 0 N–H and O–H groups in total. The molecule has 4 heteroatoms. The fourth-order valence-electron chi connectivity index (χ4n) is 1.63. The molecule has 0 fully saturated rings. The van der Waals surface area contributed by atoms with Gasteiger partial charge in [0.1, 0.15) is 12.7 Å². The lowest BCUT2D eigenvalue weighted by Crippen LogP contribution is -2.00. The molecule has 0 bridgehead atoms. The average molecular weight is 251 g/mol. The Bertz CT molecular complexity index is 615. The highest BCUT2D eigenvalue weighted by molar-refractivity contribution is 6.00. The normalized spacial score (nSPS) is 10.8. The van der Waals surface area contributed by atoms with Crippen molar-refractivity contribution in [1.82, 2.24) is 4.98 Å². The van der Waals surface area contributed by atoms with E-state index >= 15 is 0 Å². The number of hydrogen-bond acceptors (Lipinski definition) is 4. The van der Waals surface area contributed by atoms with E-state index in [-0.39, 0.29) is 0 Å². The Balaban J connectivity index is 2.06. The van der Waals surface area contributed by atoms with Gasteiger partial charge < -0.3 is 4.84 Å². The minimum absolute atomic E-state index is 0.408. The van der Waals surface area contributed by atoms with E-state index in [4.69, 9.17) is 10.1 Å². The van der Waals surface area contributed by atoms with Crippen LogP contribution in [0.15, 0.2) is 53.9 Å². The predicted molar refractivity (Wildman–Crippen MR) is 72.4 cm³/mol. The van der Waals surface area contributed by atoms with Crippen LogP contribution in [0.3, 0.4) is 0 Å². The summed E-state index contributed by atoms with van der Waals surface area (Å²) >= 11 is 0. The van der Waals surface area contributed by atoms with Crippen molar-refractivity contribution in [3.05, 3.63) is 65.5 Å². The van der Waals surface area contributed by atoms with Crippen LogP contribution in [0.25, 0.3) is 0 Å². The molecule has 19 heavy (non-hydrogen) atoms. The van der Waals surface area contributed by atoms with E-state index in [0.29, 0.717) is 17.9 Å². The lowest BCUT2D eigenvalue weighted by Gasteiger charge is -2.03. The average Bonchev–Trinajstić information content (AvgIpc) is 2.48. The summed E-state index contributed by atoms with van der Waals surface area (Å²) in [6.07, 6.45) is 3.15. The predicted octanol–water partition coefficient (Wildman–Crippen LogP) is 2.89. The zero-order valence-corrected chi connectivity index (χ0v) is 10.6. The van der Waals surface area contributed by atoms with Crippen molar-refractivity contribution in [3.63, 3.8) is 0 Å². The van der Waals surface area contributed by atoms with Crippen LogP contribution < -0.4 is 0 Å². The Morgan fingerprint density at radius 3 is 2.84 bits per heavy atom. The fraction of sp³-hybridized carbons (Fsp3) is 0.133. The maximum atomic E-state index is 8.98. The number of rotatable bonds is 4. The summed E-state index contributed by atoms with van der Waals surface area (Å²) in [5, 5.41) is 13.0. The van der Waals surface area contributed by atoms with Crippen molar-refractivity contribution in [2.24, 2.45) is 5.16 Å². The monoisotopic (exact) mass is 251 g/mol. The molecule has 0 radical (unpaired) electrons. The molecule has 2 aromatic rings. The first-order valence-electron chi connectivity index (χ1n) is 5.86. The summed E-state index contributed by atoms with van der Waals surface area (Å²) < 4.78 is 0. The number of nitrogens with zero attached hydrogens (tertiary/aromatic N) is 3. The molecule has 0 aliphatic carbocycles. The molecule has 0 spiro atoms. The zero-order chi connectivity index (χ0) is 13.5. The third kappa shape index (κ3) is 3.39. The minimum Gasteiger partial charge on any atom is -0.391 e. The molecule has 0 amide bonds. The van der Waals surface area contributed by atoms with Crippen LogP contribution in [-0.2, 0) is 11.4 Å². The maximum Gasteiger partial charge on any atom is 0.142 e. The Morgan fingerprint density at radius 2 is 2.11 bits per heavy atom. The Morgan fingerprint density at radius 1 is 1.32 bits per heavy atom. The number of aromatic nitrogens is 1. The topological polar surface area (TPSA) is 58.3 Å². The van der Waals surface area contributed by atoms with Crippen LogP contribution in [-0.4, -0.2) is 10.7 Å². The highest BCUT2D eigenvalue weighted by Gasteiger charge is 2.05. The first kappa shape index (κ1) is 12.8. The van der Waals surface area contributed by atoms with E-state index in [1.807, 2.05) is 30.3 Å². The van der Waals surface area contributed by atoms with Crippen LogP contribution in [0, 0.1) is 11.3 Å². The van der Waals surface area contributed by atoms with Gasteiger partial charge in [-0.25, -0.2) is 0 Å². The molecule has 1 aromatic heterocycles. The van der Waals surface area contributed by atoms with Crippen molar-refractivity contribution >= 4 is 5.71 Å². The lowest BCUT2D eigenvalue weighted by molar-refractivity contribution is 0.130. The van der Waals surface area contributed by atoms with Gasteiger partial charge in [0.15, 0.2) is 0 Å². The van der Waals surface area contributed by atoms with Gasteiger partial charge in [-0.2, -0.15) is 5.26 Å². The van der Waals surface area contributed by atoms with Crippen molar-refractivity contribution in [1.29, 1.82) is 5.26 Å². The fourth-order valence-corrected chi connectivity index (χ4v) is 1.63. The Kier molecular flexibility index (Phi) is 4.25. The van der Waals surface area contributed by atoms with Crippen molar-refractivity contribution < 1.29 is 4.84 Å². The smallest absolute Gasteiger partial charge is 0.142 e. The van der Waals surface area contributed by atoms with E-state index in [1.54, 1.807) is 19.2 Å². The standard InChI is InChI=1S/C15H13N3O/c1-12(15-7-8-17-10-14(15)9-16)18-19-11-13-5-3-2-4-6-13/h2-8,10H,11H2,1H3. The van der Waals surface area contributed by atoms with E-state index in [0.717, 1.165) is 11.1 Å². The molecule has 94 valence electrons. The first-order chi connectivity index (χ1) is 9.31. The second-order valence-electron chi connectivity index (χ2n) is 3.97. The van der Waals surface area contributed by atoms with E-state index < -0.39 is 0 Å². The molecule has 1 heterocycles. The van der Waals surface area contributed by atoms with Gasteiger partial charge in [-0.05, 0) is 18.6 Å². The second-order valence-corrected chi connectivity index (χ2v) is 3.97. The third-order valence-electron chi connectivity index (χ3n) is 2.61. The van der Waals surface area contributed by atoms with E-state index in [1.165, 1.54) is 6.20 Å². The van der Waals surface area contributed by atoms with Crippen molar-refractivity contribution in [2.75, 3.05) is 0 Å². The van der Waals surface area contributed by atoms with Gasteiger partial charge in [0.2, 0.25) is 0 Å². The highest BCUT2D eigenvalue weighted by Crippen LogP contribution is 2.08. The summed E-state index contributed by atoms with van der Waals surface area (Å²) in [5.41, 5.74) is 2.95. The summed E-state index contributed by atoms with van der Waals surface area (Å²) in [5.74, 6) is 0. The second kappa shape index (κ2) is 6.31. The number of pyridine rings is 1. The molecular weight excluding hydrogens is 238 g/mol. The van der Waals surface area contributed by atoms with Gasteiger partial charge in [-0.1, -0.05) is 35.5 Å². The molecular formula is C15H13N3O. The molecule has 0 atom stereocenters. The molecule has 0 saturated heterocycles. The molecule has 1 aromatic carbocycles. The lowest BCUT2D eigenvalue weighted by atomic mass is 10.1. The van der Waals surface area contributed by atoms with Gasteiger partial charge in [0.05, 0.1) is 11.3 Å². The minimum atomic E-state index is 0.408. The Labute approximate surface area is 112 Å². The van der Waals surface area contributed by atoms with Crippen molar-refractivity contribution in [3.8, 4) is 6.07 Å². The van der Waals surface area contributed by atoms with Crippen LogP contribution >= 0.6 is 0 Å². The number of oxime groups is 1. The van der Waals surface area contributed by atoms with Gasteiger partial charge >= 0.3 is 0 Å². The summed E-state index contributed by atoms with van der Waals surface area (Å²) in [6, 6.07) is 13.6. The van der Waals surface area contributed by atoms with Crippen LogP contribution in [0.4, 0.5) is 0 Å².